The molecule has 3 aromatic heterocycles. The van der Waals surface area contributed by atoms with Crippen LogP contribution in [0.5, 0.6) is 0 Å². The molecule has 5 fully saturated rings. The molecule has 2 aromatic carbocycles. The number of pyridine rings is 2. The molecule has 8 heterocycles. The number of amides is 4. The highest BCUT2D eigenvalue weighted by Gasteiger charge is 2.61. The molecule has 5 aliphatic heterocycles. The number of likely N-dealkylation sites (tertiary alicyclic amines) is 2. The number of imide groups is 1. The van der Waals surface area contributed by atoms with Crippen molar-refractivity contribution in [1.82, 2.24) is 39.0 Å². The average Bonchev–Trinajstić information content (AvgIpc) is 4.08. The van der Waals surface area contributed by atoms with Crippen LogP contribution in [0.1, 0.15) is 97.0 Å². The summed E-state index contributed by atoms with van der Waals surface area (Å²) in [6, 6.07) is 11.6. The van der Waals surface area contributed by atoms with Crippen molar-refractivity contribution >= 4 is 46.0 Å². The number of hydrogen-bond acceptors (Lipinski definition) is 10. The first kappa shape index (κ1) is 48.8. The molecule has 0 bridgehead atoms. The van der Waals surface area contributed by atoms with Gasteiger partial charge in [0.2, 0.25) is 23.5 Å². The van der Waals surface area contributed by atoms with E-state index >= 15 is 8.78 Å². The number of nitrogens with one attached hydrogen (secondary N) is 2. The van der Waals surface area contributed by atoms with Crippen LogP contribution < -0.4 is 21.1 Å². The summed E-state index contributed by atoms with van der Waals surface area (Å²) >= 11 is 0. The van der Waals surface area contributed by atoms with Crippen molar-refractivity contribution in [2.45, 2.75) is 94.8 Å². The van der Waals surface area contributed by atoms with E-state index in [-0.39, 0.29) is 46.9 Å². The Morgan fingerprint density at radius 1 is 0.836 bits per heavy atom. The van der Waals surface area contributed by atoms with Gasteiger partial charge in [0, 0.05) is 113 Å². The van der Waals surface area contributed by atoms with E-state index in [1.54, 1.807) is 9.80 Å². The topological polar surface area (TPSA) is 148 Å². The second-order valence-corrected chi connectivity index (χ2v) is 21.1. The van der Waals surface area contributed by atoms with Crippen LogP contribution in [0, 0.1) is 29.2 Å². The number of rotatable bonds is 11. The molecular formula is C54H60F4N10O5. The smallest absolute Gasteiger partial charge is 0.293 e. The minimum absolute atomic E-state index is 0.00514. The number of piperazine rings is 1. The second kappa shape index (κ2) is 19.1. The first-order valence-corrected chi connectivity index (χ1v) is 25.6. The zero-order valence-corrected chi connectivity index (χ0v) is 41.4. The quantitative estimate of drug-likeness (QED) is 0.120. The van der Waals surface area contributed by atoms with Gasteiger partial charge in [-0.1, -0.05) is 12.1 Å². The normalized spacial score (nSPS) is 22.2. The average molecular weight is 1010 g/mol. The number of aromatic nitrogens is 3. The van der Waals surface area contributed by atoms with Crippen LogP contribution in [0.15, 0.2) is 59.7 Å². The first-order valence-electron chi connectivity index (χ1n) is 25.6. The summed E-state index contributed by atoms with van der Waals surface area (Å²) in [6.45, 7) is 9.16. The highest BCUT2D eigenvalue weighted by Crippen LogP contribution is 2.58. The van der Waals surface area contributed by atoms with E-state index in [9.17, 15) is 32.8 Å². The van der Waals surface area contributed by atoms with Crippen LogP contribution in [-0.2, 0) is 39.9 Å². The number of anilines is 2. The summed E-state index contributed by atoms with van der Waals surface area (Å²) in [5.74, 6) is -4.66. The van der Waals surface area contributed by atoms with Crippen LogP contribution in [0.25, 0.3) is 16.7 Å². The maximum atomic E-state index is 15.9. The van der Waals surface area contributed by atoms with E-state index in [4.69, 9.17) is 0 Å². The predicted molar refractivity (Wildman–Crippen MR) is 265 cm³/mol. The molecule has 1 saturated carbocycles. The third-order valence-electron chi connectivity index (χ3n) is 16.7. The lowest BCUT2D eigenvalue weighted by atomic mass is 9.87. The maximum Gasteiger partial charge on any atom is 0.293 e. The maximum absolute atomic E-state index is 15.9. The van der Waals surface area contributed by atoms with Crippen molar-refractivity contribution in [2.24, 2.45) is 13.0 Å². The van der Waals surface area contributed by atoms with Crippen LogP contribution in [0.3, 0.4) is 0 Å². The van der Waals surface area contributed by atoms with E-state index in [0.29, 0.717) is 75.0 Å². The van der Waals surface area contributed by atoms with Gasteiger partial charge in [-0.3, -0.25) is 53.5 Å². The Morgan fingerprint density at radius 2 is 1.58 bits per heavy atom. The third-order valence-corrected chi connectivity index (χ3v) is 16.7. The zero-order valence-electron chi connectivity index (χ0n) is 41.4. The Hall–Kier alpha value is -6.44. The minimum Gasteiger partial charge on any atom is -0.383 e. The van der Waals surface area contributed by atoms with Gasteiger partial charge in [-0.15, -0.1) is 0 Å². The number of benzene rings is 2. The first-order chi connectivity index (χ1) is 35.1. The van der Waals surface area contributed by atoms with Gasteiger partial charge in [0.1, 0.15) is 29.0 Å². The van der Waals surface area contributed by atoms with E-state index in [2.05, 4.69) is 49.4 Å². The van der Waals surface area contributed by atoms with E-state index in [0.717, 1.165) is 91.7 Å². The standard InChI is InChI=1S/C54H60F4N10O5/c1-31-26-64(27-33-4-5-43-38(22-33)54(13-14-54)53(73)68(43)44-6-7-45(69)61-50(44)70)20-21-66(31)28-32-9-18-65(19-10-32)51(71)35-23-39(55)46(40(56)24-35)34-11-16-63(17-12-34)29-36-25-37-42(8-15-60-49(37)62(36)3)67-30-41(57)48(59-2)47(58)52(67)72/h4-5,8,15,22-25,30-32,34,44,59H,6-7,9-14,16-21,26-29H2,1-3H3,(H,61,69,70)/t31-,44?/m0/s1. The number of halogens is 4. The SMILES string of the molecule is CNc1c(F)cn(-c2ccnc3c2cc(CN2CCC(c4c(F)cc(C(=O)N5CCC(CN6CCN(Cc7ccc8c(c7)C7(CC7)C(=O)N8C7CCC(=O)NC7=O)C[C@@H]6C)CC5)cc4F)CC2)n3C)c(=O)c1F. The molecule has 4 amide bonds. The number of aryl methyl sites for hydroxylation is 1. The van der Waals surface area contributed by atoms with Crippen LogP contribution >= 0.6 is 0 Å². The number of fused-ring (bicyclic) bond motifs is 3. The molecule has 2 N–H and O–H groups in total. The van der Waals surface area contributed by atoms with Crippen molar-refractivity contribution in [3.63, 3.8) is 0 Å². The number of piperidine rings is 3. The molecule has 2 atom stereocenters. The summed E-state index contributed by atoms with van der Waals surface area (Å²) in [6.07, 6.45) is 7.09. The van der Waals surface area contributed by atoms with Gasteiger partial charge in [-0.05, 0) is 118 Å². The van der Waals surface area contributed by atoms with Crippen molar-refractivity contribution in [3.8, 4) is 5.69 Å². The predicted octanol–water partition coefficient (Wildman–Crippen LogP) is 5.94. The van der Waals surface area contributed by atoms with Gasteiger partial charge < -0.3 is 14.8 Å². The number of nitrogens with zero attached hydrogens (tertiary/aromatic N) is 8. The van der Waals surface area contributed by atoms with Crippen molar-refractivity contribution in [3.05, 3.63) is 116 Å². The minimum atomic E-state index is -1.23. The Kier molecular flexibility index (Phi) is 12.8. The third kappa shape index (κ3) is 8.79. The highest BCUT2D eigenvalue weighted by atomic mass is 19.1. The summed E-state index contributed by atoms with van der Waals surface area (Å²) in [4.78, 5) is 79.9. The molecule has 1 aliphatic carbocycles. The Balaban J connectivity index is 0.657. The molecule has 6 aliphatic rings. The summed E-state index contributed by atoms with van der Waals surface area (Å²) in [7, 11) is 3.16. The Bertz CT molecular complexity index is 3100. The number of carbonyl (C=O) groups is 4. The molecule has 1 spiro atoms. The van der Waals surface area contributed by atoms with Gasteiger partial charge in [0.15, 0.2) is 5.82 Å². The van der Waals surface area contributed by atoms with Crippen molar-refractivity contribution in [2.75, 3.05) is 69.6 Å². The van der Waals surface area contributed by atoms with E-state index in [1.165, 1.54) is 31.4 Å². The Labute approximate surface area is 420 Å². The fourth-order valence-corrected chi connectivity index (χ4v) is 12.4. The van der Waals surface area contributed by atoms with Gasteiger partial charge in [0.05, 0.1) is 17.3 Å². The van der Waals surface area contributed by atoms with E-state index in [1.807, 2.05) is 23.7 Å². The molecule has 0 radical (unpaired) electrons. The summed E-state index contributed by atoms with van der Waals surface area (Å²) in [5.41, 5.74) is 2.53. The number of carbonyl (C=O) groups excluding carboxylic acids is 4. The zero-order chi connectivity index (χ0) is 51.0. The number of hydrogen-bond donors (Lipinski definition) is 2. The molecule has 1 unspecified atom stereocenters. The van der Waals surface area contributed by atoms with Gasteiger partial charge in [0.25, 0.3) is 11.5 Å². The lowest BCUT2D eigenvalue weighted by Crippen LogP contribution is -2.54. The summed E-state index contributed by atoms with van der Waals surface area (Å²) < 4.78 is 64.1. The summed E-state index contributed by atoms with van der Waals surface area (Å²) in [5, 5.41) is 5.34. The molecular weight excluding hydrogens is 945 g/mol. The lowest BCUT2D eigenvalue weighted by molar-refractivity contribution is -0.135. The van der Waals surface area contributed by atoms with E-state index < -0.39 is 51.9 Å². The monoisotopic (exact) mass is 1000 g/mol. The van der Waals surface area contributed by atoms with Crippen LogP contribution in [0.2, 0.25) is 0 Å². The van der Waals surface area contributed by atoms with Gasteiger partial charge >= 0.3 is 0 Å². The molecule has 4 saturated heterocycles. The lowest BCUT2D eigenvalue weighted by Gasteiger charge is -2.42. The molecule has 5 aromatic rings. The molecule has 11 rings (SSSR count). The highest BCUT2D eigenvalue weighted by molar-refractivity contribution is 6.15. The fourth-order valence-electron chi connectivity index (χ4n) is 12.4. The molecule has 19 heteroatoms. The van der Waals surface area contributed by atoms with Crippen LogP contribution in [0.4, 0.5) is 28.9 Å². The van der Waals surface area contributed by atoms with Gasteiger partial charge in [-0.25, -0.2) is 18.2 Å². The van der Waals surface area contributed by atoms with Crippen molar-refractivity contribution in [1.29, 1.82) is 0 Å². The largest absolute Gasteiger partial charge is 0.383 e. The molecule has 384 valence electrons. The second-order valence-electron chi connectivity index (χ2n) is 21.1. The molecule has 73 heavy (non-hydrogen) atoms. The van der Waals surface area contributed by atoms with Crippen molar-refractivity contribution < 1.29 is 36.7 Å². The van der Waals surface area contributed by atoms with Crippen LogP contribution in [-0.4, -0.2) is 129 Å². The van der Waals surface area contributed by atoms with Gasteiger partial charge in [-0.2, -0.15) is 4.39 Å². The fraction of sp³-hybridized carbons (Fsp3) is 0.481. The Morgan fingerprint density at radius 3 is 2.26 bits per heavy atom. The molecule has 15 nitrogen and oxygen atoms in total.